The van der Waals surface area contributed by atoms with Gasteiger partial charge < -0.3 is 0 Å². The normalized spacial score (nSPS) is 29.9. The molecule has 0 heterocycles. The van der Waals surface area contributed by atoms with Crippen LogP contribution in [0.2, 0.25) is 0 Å². The van der Waals surface area contributed by atoms with Crippen molar-refractivity contribution >= 4 is 29.0 Å². The van der Waals surface area contributed by atoms with Crippen molar-refractivity contribution < 1.29 is 4.79 Å². The summed E-state index contributed by atoms with van der Waals surface area (Å²) in [6.45, 7) is 6.14. The van der Waals surface area contributed by atoms with E-state index in [1.807, 2.05) is 20.8 Å². The third-order valence-electron chi connectivity index (χ3n) is 2.24. The minimum Gasteiger partial charge on any atom is -0.296 e. The Morgan fingerprint density at radius 2 is 1.91 bits per heavy atom. The SMILES string of the molecule is CC(C)(C)C1CC(=O)C1(Cl)Cl. The van der Waals surface area contributed by atoms with Crippen LogP contribution in [0.5, 0.6) is 0 Å². The first-order valence-corrected chi connectivity index (χ1v) is 4.43. The van der Waals surface area contributed by atoms with E-state index in [0.717, 1.165) is 0 Å². The number of ketones is 1. The molecule has 1 aliphatic rings. The Bertz CT molecular complexity index is 191. The summed E-state index contributed by atoms with van der Waals surface area (Å²) in [5.74, 6) is 0.0617. The van der Waals surface area contributed by atoms with Crippen molar-refractivity contribution in [3.63, 3.8) is 0 Å². The molecule has 0 N–H and O–H groups in total. The number of hydrogen-bond acceptors (Lipinski definition) is 1. The molecule has 1 fully saturated rings. The standard InChI is InChI=1S/C8H12Cl2O/c1-7(2,3)5-4-6(11)8(5,9)10/h5H,4H2,1-3H3. The largest absolute Gasteiger partial charge is 0.296 e. The van der Waals surface area contributed by atoms with Gasteiger partial charge in [0.1, 0.15) is 0 Å². The lowest BCUT2D eigenvalue weighted by atomic mass is 9.67. The number of Topliss-reactive ketones (excluding diaryl/α,β-unsaturated/α-hetero) is 1. The van der Waals surface area contributed by atoms with Crippen LogP contribution in [0.15, 0.2) is 0 Å². The van der Waals surface area contributed by atoms with Gasteiger partial charge in [0.25, 0.3) is 0 Å². The number of halogens is 2. The van der Waals surface area contributed by atoms with Crippen molar-refractivity contribution in [2.45, 2.75) is 31.5 Å². The van der Waals surface area contributed by atoms with Crippen LogP contribution in [0.25, 0.3) is 0 Å². The van der Waals surface area contributed by atoms with E-state index in [-0.39, 0.29) is 17.1 Å². The molecule has 0 saturated heterocycles. The van der Waals surface area contributed by atoms with Gasteiger partial charge in [0.2, 0.25) is 0 Å². The Hall–Kier alpha value is 0.250. The fourth-order valence-electron chi connectivity index (χ4n) is 1.36. The van der Waals surface area contributed by atoms with E-state index in [9.17, 15) is 4.79 Å². The quantitative estimate of drug-likeness (QED) is 0.543. The zero-order valence-electron chi connectivity index (χ0n) is 6.95. The Morgan fingerprint density at radius 1 is 1.45 bits per heavy atom. The van der Waals surface area contributed by atoms with Crippen LogP contribution in [0.1, 0.15) is 27.2 Å². The molecule has 1 unspecified atom stereocenters. The van der Waals surface area contributed by atoms with Crippen LogP contribution < -0.4 is 0 Å². The van der Waals surface area contributed by atoms with Crippen molar-refractivity contribution in [3.05, 3.63) is 0 Å². The lowest BCUT2D eigenvalue weighted by Crippen LogP contribution is -2.53. The van der Waals surface area contributed by atoms with E-state index in [1.54, 1.807) is 0 Å². The molecule has 3 heteroatoms. The van der Waals surface area contributed by atoms with E-state index in [2.05, 4.69) is 0 Å². The minimum atomic E-state index is -1.11. The number of carbonyl (C=O) groups excluding carboxylic acids is 1. The highest BCUT2D eigenvalue weighted by molar-refractivity contribution is 6.60. The second-order valence-corrected chi connectivity index (χ2v) is 5.55. The summed E-state index contributed by atoms with van der Waals surface area (Å²) in [4.78, 5) is 10.9. The van der Waals surface area contributed by atoms with Crippen molar-refractivity contribution in [1.29, 1.82) is 0 Å². The zero-order valence-corrected chi connectivity index (χ0v) is 8.46. The fourth-order valence-corrected chi connectivity index (χ4v) is 2.33. The molecule has 1 rings (SSSR count). The molecule has 0 aliphatic heterocycles. The number of carbonyl (C=O) groups is 1. The number of rotatable bonds is 0. The average molecular weight is 195 g/mol. The Kier molecular flexibility index (Phi) is 2.01. The predicted octanol–water partition coefficient (Wildman–Crippen LogP) is 2.80. The molecule has 0 spiro atoms. The molecule has 1 nitrogen and oxygen atoms in total. The first-order chi connectivity index (χ1) is 4.76. The first-order valence-electron chi connectivity index (χ1n) is 3.67. The Balaban J connectivity index is 2.75. The Labute approximate surface area is 77.1 Å². The molecule has 0 aromatic heterocycles. The molecular weight excluding hydrogens is 183 g/mol. The molecule has 0 aromatic rings. The molecule has 1 saturated carbocycles. The smallest absolute Gasteiger partial charge is 0.179 e. The van der Waals surface area contributed by atoms with Crippen molar-refractivity contribution in [1.82, 2.24) is 0 Å². The first kappa shape index (κ1) is 9.34. The molecule has 11 heavy (non-hydrogen) atoms. The van der Waals surface area contributed by atoms with Crippen LogP contribution in [-0.2, 0) is 4.79 Å². The van der Waals surface area contributed by atoms with Crippen LogP contribution in [-0.4, -0.2) is 10.1 Å². The van der Waals surface area contributed by atoms with Gasteiger partial charge in [-0.25, -0.2) is 0 Å². The summed E-state index contributed by atoms with van der Waals surface area (Å²) in [7, 11) is 0. The van der Waals surface area contributed by atoms with Crippen LogP contribution in [0, 0.1) is 11.3 Å². The highest BCUT2D eigenvalue weighted by atomic mass is 35.5. The summed E-state index contributed by atoms with van der Waals surface area (Å²) >= 11 is 11.6. The Morgan fingerprint density at radius 3 is 2.00 bits per heavy atom. The third-order valence-corrected chi connectivity index (χ3v) is 3.19. The van der Waals surface area contributed by atoms with Crippen molar-refractivity contribution in [2.24, 2.45) is 11.3 Å². The summed E-state index contributed by atoms with van der Waals surface area (Å²) in [5, 5.41) is 0. The highest BCUT2D eigenvalue weighted by Crippen LogP contribution is 2.52. The van der Waals surface area contributed by atoms with Crippen LogP contribution in [0.4, 0.5) is 0 Å². The highest BCUT2D eigenvalue weighted by Gasteiger charge is 2.56. The predicted molar refractivity (Wildman–Crippen MR) is 47.0 cm³/mol. The molecule has 0 aromatic carbocycles. The molecule has 0 radical (unpaired) electrons. The maximum absolute atomic E-state index is 10.9. The molecule has 0 amide bonds. The van der Waals surface area contributed by atoms with E-state index in [1.165, 1.54) is 0 Å². The second-order valence-electron chi connectivity index (χ2n) is 4.17. The lowest BCUT2D eigenvalue weighted by molar-refractivity contribution is -0.131. The third kappa shape index (κ3) is 1.41. The molecule has 64 valence electrons. The lowest BCUT2D eigenvalue weighted by Gasteiger charge is -2.45. The average Bonchev–Trinajstić information content (AvgIpc) is 1.80. The zero-order chi connectivity index (χ0) is 8.86. The van der Waals surface area contributed by atoms with Gasteiger partial charge in [-0.2, -0.15) is 0 Å². The maximum Gasteiger partial charge on any atom is 0.179 e. The maximum atomic E-state index is 10.9. The fraction of sp³-hybridized carbons (Fsp3) is 0.875. The van der Waals surface area contributed by atoms with Gasteiger partial charge >= 0.3 is 0 Å². The monoisotopic (exact) mass is 194 g/mol. The summed E-state index contributed by atoms with van der Waals surface area (Å²) < 4.78 is -1.11. The van der Waals surface area contributed by atoms with Gasteiger partial charge in [-0.3, -0.25) is 4.79 Å². The topological polar surface area (TPSA) is 17.1 Å². The molecule has 0 bridgehead atoms. The number of hydrogen-bond donors (Lipinski definition) is 0. The van der Waals surface area contributed by atoms with Crippen molar-refractivity contribution in [3.8, 4) is 0 Å². The van der Waals surface area contributed by atoms with Crippen LogP contribution in [0.3, 0.4) is 0 Å². The van der Waals surface area contributed by atoms with Gasteiger partial charge in [-0.1, -0.05) is 44.0 Å². The van der Waals surface area contributed by atoms with E-state index in [0.29, 0.717) is 6.42 Å². The van der Waals surface area contributed by atoms with E-state index < -0.39 is 4.33 Å². The second kappa shape index (κ2) is 2.37. The van der Waals surface area contributed by atoms with E-state index in [4.69, 9.17) is 23.2 Å². The molecule has 1 aliphatic carbocycles. The van der Waals surface area contributed by atoms with Gasteiger partial charge in [0.15, 0.2) is 10.1 Å². The number of alkyl halides is 2. The van der Waals surface area contributed by atoms with Crippen molar-refractivity contribution in [2.75, 3.05) is 0 Å². The summed E-state index contributed by atoms with van der Waals surface area (Å²) in [5.41, 5.74) is 0.0252. The van der Waals surface area contributed by atoms with Crippen LogP contribution >= 0.6 is 23.2 Å². The van der Waals surface area contributed by atoms with E-state index >= 15 is 0 Å². The molecular formula is C8H12Cl2O. The van der Waals surface area contributed by atoms with Gasteiger partial charge in [0.05, 0.1) is 0 Å². The summed E-state index contributed by atoms with van der Waals surface area (Å²) in [6.07, 6.45) is 0.524. The molecule has 1 atom stereocenters. The van der Waals surface area contributed by atoms with Gasteiger partial charge in [-0.15, -0.1) is 0 Å². The van der Waals surface area contributed by atoms with Gasteiger partial charge in [-0.05, 0) is 5.41 Å². The minimum absolute atomic E-state index is 0.0252. The summed E-state index contributed by atoms with van der Waals surface area (Å²) in [6, 6.07) is 0. The van der Waals surface area contributed by atoms with Gasteiger partial charge in [0, 0.05) is 12.3 Å².